The van der Waals surface area contributed by atoms with Gasteiger partial charge in [-0.05, 0) is 31.4 Å². The molecule has 1 aromatic rings. The molecule has 4 nitrogen and oxygen atoms in total. The molecular formula is C14H21NO3S. The zero-order valence-electron chi connectivity index (χ0n) is 11.7. The van der Waals surface area contributed by atoms with Crippen molar-refractivity contribution in [1.82, 2.24) is 5.32 Å². The molecule has 0 fully saturated rings. The smallest absolute Gasteiger partial charge is 0.305 e. The zero-order chi connectivity index (χ0) is 14.4. The molecular weight excluding hydrogens is 262 g/mol. The quantitative estimate of drug-likeness (QED) is 0.808. The van der Waals surface area contributed by atoms with Gasteiger partial charge in [-0.25, -0.2) is 0 Å². The normalized spacial score (nSPS) is 12.2. The number of aliphatic carboxylic acids is 1. The van der Waals surface area contributed by atoms with E-state index < -0.39 is 5.97 Å². The van der Waals surface area contributed by atoms with Gasteiger partial charge < -0.3 is 10.4 Å². The van der Waals surface area contributed by atoms with Crippen molar-refractivity contribution in [3.8, 4) is 0 Å². The molecule has 1 atom stereocenters. The highest BCUT2D eigenvalue weighted by Gasteiger charge is 2.18. The predicted molar refractivity (Wildman–Crippen MR) is 76.8 cm³/mol. The Hall–Kier alpha value is -1.36. The number of carbonyl (C=O) groups is 2. The van der Waals surface area contributed by atoms with E-state index >= 15 is 0 Å². The van der Waals surface area contributed by atoms with Crippen LogP contribution in [0.4, 0.5) is 0 Å². The van der Waals surface area contributed by atoms with Crippen LogP contribution in [0.1, 0.15) is 53.2 Å². The van der Waals surface area contributed by atoms with Crippen LogP contribution in [0.25, 0.3) is 0 Å². The van der Waals surface area contributed by atoms with Gasteiger partial charge in [-0.3, -0.25) is 9.59 Å². The maximum Gasteiger partial charge on any atom is 0.305 e. The first-order chi connectivity index (χ1) is 8.97. The molecule has 0 saturated heterocycles. The zero-order valence-corrected chi connectivity index (χ0v) is 12.5. The van der Waals surface area contributed by atoms with E-state index in [1.165, 1.54) is 16.2 Å². The first kappa shape index (κ1) is 15.7. The lowest BCUT2D eigenvalue weighted by molar-refractivity contribution is -0.137. The number of amides is 1. The van der Waals surface area contributed by atoms with Crippen LogP contribution < -0.4 is 5.32 Å². The second kappa shape index (κ2) is 7.28. The molecule has 2 N–H and O–H groups in total. The van der Waals surface area contributed by atoms with Crippen molar-refractivity contribution in [2.75, 3.05) is 0 Å². The molecule has 0 aromatic carbocycles. The molecule has 1 aromatic heterocycles. The SMILES string of the molecule is CCCC(CC(=O)O)NC(=O)c1cc(C)c(CC)s1. The van der Waals surface area contributed by atoms with Crippen molar-refractivity contribution < 1.29 is 14.7 Å². The average Bonchev–Trinajstić information content (AvgIpc) is 2.70. The van der Waals surface area contributed by atoms with E-state index in [4.69, 9.17) is 5.11 Å². The summed E-state index contributed by atoms with van der Waals surface area (Å²) in [5.74, 6) is -1.04. The Balaban J connectivity index is 2.72. The fourth-order valence-electron chi connectivity index (χ4n) is 2.02. The molecule has 0 saturated carbocycles. The Morgan fingerprint density at radius 2 is 2.11 bits per heavy atom. The molecule has 1 unspecified atom stereocenters. The van der Waals surface area contributed by atoms with Gasteiger partial charge >= 0.3 is 5.97 Å². The summed E-state index contributed by atoms with van der Waals surface area (Å²) in [6.45, 7) is 6.03. The van der Waals surface area contributed by atoms with E-state index in [-0.39, 0.29) is 18.4 Å². The van der Waals surface area contributed by atoms with Crippen LogP contribution >= 0.6 is 11.3 Å². The standard InChI is InChI=1S/C14H21NO3S/c1-4-6-10(8-13(16)17)15-14(18)12-7-9(3)11(5-2)19-12/h7,10H,4-6,8H2,1-3H3,(H,15,18)(H,16,17). The molecule has 0 aliphatic heterocycles. The van der Waals surface area contributed by atoms with Gasteiger partial charge in [0.15, 0.2) is 0 Å². The average molecular weight is 283 g/mol. The number of carbonyl (C=O) groups excluding carboxylic acids is 1. The molecule has 1 heterocycles. The van der Waals surface area contributed by atoms with E-state index in [0.717, 1.165) is 18.4 Å². The Labute approximate surface area is 117 Å². The minimum atomic E-state index is -0.879. The number of hydrogen-bond donors (Lipinski definition) is 2. The summed E-state index contributed by atoms with van der Waals surface area (Å²) in [6, 6.07) is 1.59. The molecule has 0 bridgehead atoms. The second-order valence-corrected chi connectivity index (χ2v) is 5.76. The summed E-state index contributed by atoms with van der Waals surface area (Å²) in [7, 11) is 0. The highest BCUT2D eigenvalue weighted by Crippen LogP contribution is 2.22. The first-order valence-corrected chi connectivity index (χ1v) is 7.41. The maximum absolute atomic E-state index is 12.1. The fourth-order valence-corrected chi connectivity index (χ4v) is 3.04. The molecule has 5 heteroatoms. The Kier molecular flexibility index (Phi) is 6.02. The van der Waals surface area contributed by atoms with Crippen LogP contribution in [0.5, 0.6) is 0 Å². The van der Waals surface area contributed by atoms with Gasteiger partial charge in [0.25, 0.3) is 5.91 Å². The second-order valence-electron chi connectivity index (χ2n) is 4.63. The lowest BCUT2D eigenvalue weighted by Gasteiger charge is -2.15. The van der Waals surface area contributed by atoms with Crippen LogP contribution in [-0.4, -0.2) is 23.0 Å². The summed E-state index contributed by atoms with van der Waals surface area (Å²) < 4.78 is 0. The Morgan fingerprint density at radius 1 is 1.42 bits per heavy atom. The first-order valence-electron chi connectivity index (χ1n) is 6.59. The van der Waals surface area contributed by atoms with E-state index in [2.05, 4.69) is 12.2 Å². The van der Waals surface area contributed by atoms with Crippen molar-refractivity contribution in [1.29, 1.82) is 0 Å². The van der Waals surface area contributed by atoms with Gasteiger partial charge in [0.2, 0.25) is 0 Å². The van der Waals surface area contributed by atoms with Crippen LogP contribution in [0.15, 0.2) is 6.07 Å². The molecule has 0 aliphatic carbocycles. The van der Waals surface area contributed by atoms with Gasteiger partial charge in [-0.15, -0.1) is 11.3 Å². The van der Waals surface area contributed by atoms with Crippen molar-refractivity contribution in [2.45, 2.75) is 52.5 Å². The van der Waals surface area contributed by atoms with Gasteiger partial charge in [-0.2, -0.15) is 0 Å². The number of rotatable bonds is 7. The van der Waals surface area contributed by atoms with Crippen LogP contribution in [0, 0.1) is 6.92 Å². The lowest BCUT2D eigenvalue weighted by atomic mass is 10.1. The van der Waals surface area contributed by atoms with E-state index in [1.54, 1.807) is 0 Å². The van der Waals surface area contributed by atoms with Crippen LogP contribution in [0.3, 0.4) is 0 Å². The monoisotopic (exact) mass is 283 g/mol. The topological polar surface area (TPSA) is 66.4 Å². The van der Waals surface area contributed by atoms with Gasteiger partial charge in [0.05, 0.1) is 11.3 Å². The third-order valence-electron chi connectivity index (χ3n) is 2.96. The molecule has 1 rings (SSSR count). The highest BCUT2D eigenvalue weighted by atomic mass is 32.1. The summed E-state index contributed by atoms with van der Waals surface area (Å²) in [6.07, 6.45) is 2.42. The number of nitrogens with one attached hydrogen (secondary N) is 1. The largest absolute Gasteiger partial charge is 0.481 e. The third kappa shape index (κ3) is 4.67. The molecule has 0 aliphatic rings. The van der Waals surface area contributed by atoms with Crippen molar-refractivity contribution in [2.24, 2.45) is 0 Å². The summed E-state index contributed by atoms with van der Waals surface area (Å²) in [4.78, 5) is 24.7. The fraction of sp³-hybridized carbons (Fsp3) is 0.571. The number of carboxylic acid groups (broad SMARTS) is 1. The van der Waals surface area contributed by atoms with Crippen molar-refractivity contribution in [3.63, 3.8) is 0 Å². The number of thiophene rings is 1. The maximum atomic E-state index is 12.1. The molecule has 0 spiro atoms. The predicted octanol–water partition coefficient (Wildman–Crippen LogP) is 2.99. The lowest BCUT2D eigenvalue weighted by Crippen LogP contribution is -2.36. The van der Waals surface area contributed by atoms with Crippen LogP contribution in [0.2, 0.25) is 0 Å². The van der Waals surface area contributed by atoms with Gasteiger partial charge in [0, 0.05) is 10.9 Å². The van der Waals surface area contributed by atoms with E-state index in [1.807, 2.05) is 19.9 Å². The molecule has 19 heavy (non-hydrogen) atoms. The summed E-state index contributed by atoms with van der Waals surface area (Å²) in [5.41, 5.74) is 1.13. The minimum absolute atomic E-state index is 0.0232. The summed E-state index contributed by atoms with van der Waals surface area (Å²) in [5, 5.41) is 11.7. The molecule has 106 valence electrons. The number of aryl methyl sites for hydroxylation is 2. The summed E-state index contributed by atoms with van der Waals surface area (Å²) >= 11 is 1.49. The number of carboxylic acids is 1. The van der Waals surface area contributed by atoms with Gasteiger partial charge in [0.1, 0.15) is 0 Å². The van der Waals surface area contributed by atoms with E-state index in [0.29, 0.717) is 11.3 Å². The highest BCUT2D eigenvalue weighted by molar-refractivity contribution is 7.14. The van der Waals surface area contributed by atoms with Crippen LogP contribution in [-0.2, 0) is 11.2 Å². The minimum Gasteiger partial charge on any atom is -0.481 e. The third-order valence-corrected chi connectivity index (χ3v) is 4.34. The molecule has 1 amide bonds. The number of hydrogen-bond acceptors (Lipinski definition) is 3. The van der Waals surface area contributed by atoms with Gasteiger partial charge in [-0.1, -0.05) is 20.3 Å². The van der Waals surface area contributed by atoms with Crippen molar-refractivity contribution in [3.05, 3.63) is 21.4 Å². The Bertz CT molecular complexity index is 454. The van der Waals surface area contributed by atoms with Crippen molar-refractivity contribution >= 4 is 23.2 Å². The van der Waals surface area contributed by atoms with E-state index in [9.17, 15) is 9.59 Å². The Morgan fingerprint density at radius 3 is 2.58 bits per heavy atom. The molecule has 0 radical (unpaired) electrons.